The molecule has 0 saturated carbocycles. The van der Waals surface area contributed by atoms with Crippen molar-refractivity contribution in [1.29, 1.82) is 0 Å². The third-order valence-corrected chi connectivity index (χ3v) is 4.79. The fourth-order valence-electron chi connectivity index (χ4n) is 2.62. The smallest absolute Gasteiger partial charge is 0.303 e. The van der Waals surface area contributed by atoms with E-state index in [0.717, 1.165) is 5.56 Å². The van der Waals surface area contributed by atoms with Gasteiger partial charge in [0.25, 0.3) is 5.91 Å². The van der Waals surface area contributed by atoms with E-state index >= 15 is 0 Å². The first-order chi connectivity index (χ1) is 14.0. The van der Waals surface area contributed by atoms with Crippen LogP contribution in [0.2, 0.25) is 5.02 Å². The highest BCUT2D eigenvalue weighted by Gasteiger charge is 2.23. The molecule has 9 heteroatoms. The Bertz CT molecular complexity index is 995. The Morgan fingerprint density at radius 3 is 2.72 bits per heavy atom. The molecule has 0 bridgehead atoms. The van der Waals surface area contributed by atoms with E-state index < -0.39 is 5.82 Å². The van der Waals surface area contributed by atoms with Crippen LogP contribution in [-0.2, 0) is 6.54 Å². The van der Waals surface area contributed by atoms with Gasteiger partial charge in [0.05, 0.1) is 6.54 Å². The molecule has 0 aliphatic carbocycles. The lowest BCUT2D eigenvalue weighted by molar-refractivity contribution is 0.0940. The summed E-state index contributed by atoms with van der Waals surface area (Å²) in [7, 11) is 0. The standard InChI is InChI=1S/C20H18BrClFN3O3/c21-18-17(19(28)24-9-2-10-27)26(12-13-5-7-14(22)8-6-13)20(25-18)29-16-4-1-3-15(23)11-16/h1,3-8,11,27H,2,9-10,12H2,(H,24,28). The summed E-state index contributed by atoms with van der Waals surface area (Å²) in [6.07, 6.45) is 0.432. The molecule has 29 heavy (non-hydrogen) atoms. The summed E-state index contributed by atoms with van der Waals surface area (Å²) in [5, 5.41) is 12.3. The average molecular weight is 483 g/mol. The van der Waals surface area contributed by atoms with Gasteiger partial charge in [-0.05, 0) is 52.2 Å². The summed E-state index contributed by atoms with van der Waals surface area (Å²) >= 11 is 9.27. The minimum absolute atomic E-state index is 0.0284. The van der Waals surface area contributed by atoms with Gasteiger partial charge in [-0.3, -0.25) is 9.36 Å². The number of imidazole rings is 1. The molecule has 0 unspecified atom stereocenters. The molecule has 1 aromatic heterocycles. The van der Waals surface area contributed by atoms with Crippen LogP contribution in [0.5, 0.6) is 11.8 Å². The molecule has 3 rings (SSSR count). The molecule has 2 N–H and O–H groups in total. The van der Waals surface area contributed by atoms with Crippen molar-refractivity contribution in [3.8, 4) is 11.8 Å². The Labute approximate surface area is 180 Å². The minimum atomic E-state index is -0.445. The zero-order valence-corrected chi connectivity index (χ0v) is 17.6. The van der Waals surface area contributed by atoms with Crippen LogP contribution < -0.4 is 10.1 Å². The van der Waals surface area contributed by atoms with Crippen molar-refractivity contribution < 1.29 is 19.0 Å². The van der Waals surface area contributed by atoms with E-state index in [4.69, 9.17) is 21.4 Å². The van der Waals surface area contributed by atoms with E-state index in [-0.39, 0.29) is 36.5 Å². The average Bonchev–Trinajstić information content (AvgIpc) is 2.98. The van der Waals surface area contributed by atoms with E-state index in [2.05, 4.69) is 26.2 Å². The number of ether oxygens (including phenoxy) is 1. The highest BCUT2D eigenvalue weighted by molar-refractivity contribution is 9.10. The van der Waals surface area contributed by atoms with Crippen molar-refractivity contribution in [3.05, 3.63) is 75.2 Å². The number of carbonyl (C=O) groups is 1. The van der Waals surface area contributed by atoms with Gasteiger partial charge in [0.15, 0.2) is 0 Å². The van der Waals surface area contributed by atoms with Crippen LogP contribution in [0, 0.1) is 5.82 Å². The lowest BCUT2D eigenvalue weighted by Gasteiger charge is -2.13. The lowest BCUT2D eigenvalue weighted by Crippen LogP contribution is -2.28. The summed E-state index contributed by atoms with van der Waals surface area (Å²) in [5.74, 6) is -0.563. The predicted octanol–water partition coefficient (Wildman–Crippen LogP) is 4.39. The van der Waals surface area contributed by atoms with Gasteiger partial charge in [0.2, 0.25) is 0 Å². The Balaban J connectivity index is 1.96. The Kier molecular flexibility index (Phi) is 7.24. The maximum absolute atomic E-state index is 13.5. The first-order valence-corrected chi connectivity index (χ1v) is 9.98. The first-order valence-electron chi connectivity index (χ1n) is 8.81. The van der Waals surface area contributed by atoms with Crippen LogP contribution in [0.3, 0.4) is 0 Å². The molecule has 0 fully saturated rings. The number of nitrogens with zero attached hydrogens (tertiary/aromatic N) is 2. The van der Waals surface area contributed by atoms with E-state index in [1.165, 1.54) is 18.2 Å². The highest BCUT2D eigenvalue weighted by atomic mass is 79.9. The SMILES string of the molecule is O=C(NCCCO)c1c(Br)nc(Oc2cccc(F)c2)n1Cc1ccc(Cl)cc1. The molecule has 0 radical (unpaired) electrons. The quantitative estimate of drug-likeness (QED) is 0.467. The minimum Gasteiger partial charge on any atom is -0.425 e. The van der Waals surface area contributed by atoms with Gasteiger partial charge in [0, 0.05) is 24.2 Å². The molecule has 0 aliphatic heterocycles. The monoisotopic (exact) mass is 481 g/mol. The second kappa shape index (κ2) is 9.87. The van der Waals surface area contributed by atoms with Crippen molar-refractivity contribution in [2.75, 3.05) is 13.2 Å². The van der Waals surface area contributed by atoms with Gasteiger partial charge >= 0.3 is 6.01 Å². The molecular formula is C20H18BrClFN3O3. The number of hydrogen-bond acceptors (Lipinski definition) is 4. The summed E-state index contributed by atoms with van der Waals surface area (Å²) in [4.78, 5) is 17.0. The molecule has 0 spiro atoms. The third-order valence-electron chi connectivity index (χ3n) is 3.98. The van der Waals surface area contributed by atoms with Crippen LogP contribution in [0.25, 0.3) is 0 Å². The molecular weight excluding hydrogens is 465 g/mol. The number of hydrogen-bond donors (Lipinski definition) is 2. The Hall–Kier alpha value is -2.42. The Morgan fingerprint density at radius 2 is 2.03 bits per heavy atom. The summed E-state index contributed by atoms with van der Waals surface area (Å²) in [6, 6.07) is 12.9. The zero-order chi connectivity index (χ0) is 20.8. The van der Waals surface area contributed by atoms with Crippen molar-refractivity contribution in [3.63, 3.8) is 0 Å². The van der Waals surface area contributed by atoms with Gasteiger partial charge in [0.1, 0.15) is 21.9 Å². The number of carbonyl (C=O) groups excluding carboxylic acids is 1. The van der Waals surface area contributed by atoms with Gasteiger partial charge in [-0.2, -0.15) is 4.98 Å². The van der Waals surface area contributed by atoms with E-state index in [0.29, 0.717) is 22.6 Å². The van der Waals surface area contributed by atoms with Gasteiger partial charge < -0.3 is 15.2 Å². The molecule has 3 aromatic rings. The van der Waals surface area contributed by atoms with Crippen LogP contribution in [0.1, 0.15) is 22.5 Å². The van der Waals surface area contributed by atoms with Gasteiger partial charge in [-0.15, -0.1) is 0 Å². The normalized spacial score (nSPS) is 10.8. The second-order valence-corrected chi connectivity index (χ2v) is 7.33. The van der Waals surface area contributed by atoms with Crippen LogP contribution >= 0.6 is 27.5 Å². The Morgan fingerprint density at radius 1 is 1.28 bits per heavy atom. The van der Waals surface area contributed by atoms with E-state index in [1.807, 2.05) is 12.1 Å². The number of halogens is 3. The number of benzene rings is 2. The molecule has 152 valence electrons. The number of aliphatic hydroxyl groups excluding tert-OH is 1. The molecule has 1 amide bonds. The largest absolute Gasteiger partial charge is 0.425 e. The van der Waals surface area contributed by atoms with Gasteiger partial charge in [-0.1, -0.05) is 29.8 Å². The molecule has 6 nitrogen and oxygen atoms in total. The molecule has 2 aromatic carbocycles. The fraction of sp³-hybridized carbons (Fsp3) is 0.200. The highest BCUT2D eigenvalue weighted by Crippen LogP contribution is 2.29. The van der Waals surface area contributed by atoms with Crippen molar-refractivity contribution in [1.82, 2.24) is 14.9 Å². The number of aliphatic hydroxyl groups is 1. The fourth-order valence-corrected chi connectivity index (χ4v) is 3.29. The maximum Gasteiger partial charge on any atom is 0.303 e. The predicted molar refractivity (Wildman–Crippen MR) is 111 cm³/mol. The molecule has 0 saturated heterocycles. The topological polar surface area (TPSA) is 76.4 Å². The van der Waals surface area contributed by atoms with Crippen molar-refractivity contribution in [2.24, 2.45) is 0 Å². The van der Waals surface area contributed by atoms with Crippen molar-refractivity contribution in [2.45, 2.75) is 13.0 Å². The first kappa shape index (κ1) is 21.3. The van der Waals surface area contributed by atoms with Crippen LogP contribution in [0.4, 0.5) is 4.39 Å². The summed E-state index contributed by atoms with van der Waals surface area (Å²) in [5.41, 5.74) is 1.12. The number of rotatable bonds is 8. The summed E-state index contributed by atoms with van der Waals surface area (Å²) in [6.45, 7) is 0.566. The zero-order valence-electron chi connectivity index (χ0n) is 15.2. The van der Waals surface area contributed by atoms with Crippen LogP contribution in [-0.4, -0.2) is 33.7 Å². The molecule has 0 aliphatic rings. The second-order valence-electron chi connectivity index (χ2n) is 6.14. The van der Waals surface area contributed by atoms with Crippen LogP contribution in [0.15, 0.2) is 53.1 Å². The third kappa shape index (κ3) is 5.56. The van der Waals surface area contributed by atoms with E-state index in [9.17, 15) is 9.18 Å². The lowest BCUT2D eigenvalue weighted by atomic mass is 10.2. The molecule has 1 heterocycles. The van der Waals surface area contributed by atoms with E-state index in [1.54, 1.807) is 22.8 Å². The number of aromatic nitrogens is 2. The van der Waals surface area contributed by atoms with Gasteiger partial charge in [-0.25, -0.2) is 4.39 Å². The summed E-state index contributed by atoms with van der Waals surface area (Å²) < 4.78 is 21.2. The molecule has 0 atom stereocenters. The number of amides is 1. The van der Waals surface area contributed by atoms with Crippen molar-refractivity contribution >= 4 is 33.4 Å². The number of nitrogens with one attached hydrogen (secondary N) is 1. The maximum atomic E-state index is 13.5.